The van der Waals surface area contributed by atoms with Crippen molar-refractivity contribution in [3.8, 4) is 11.8 Å². The van der Waals surface area contributed by atoms with E-state index in [1.807, 2.05) is 0 Å². The molecule has 26 heavy (non-hydrogen) atoms. The molecule has 2 fully saturated rings. The first-order chi connectivity index (χ1) is 12.6. The van der Waals surface area contributed by atoms with Gasteiger partial charge in [-0.05, 0) is 84.6 Å². The predicted octanol–water partition coefficient (Wildman–Crippen LogP) is 5.57. The first-order valence-electron chi connectivity index (χ1n) is 9.85. The molecule has 0 amide bonds. The molecule has 3 aliphatic rings. The molecule has 0 bridgehead atoms. The van der Waals surface area contributed by atoms with Gasteiger partial charge in [-0.15, -0.1) is 0 Å². The molecule has 0 spiro atoms. The van der Waals surface area contributed by atoms with Crippen LogP contribution in [0.1, 0.15) is 67.2 Å². The minimum Gasteiger partial charge on any atom is -0.299 e. The monoisotopic (exact) mass is 360 g/mol. The number of aryl methyl sites for hydroxylation is 1. The summed E-state index contributed by atoms with van der Waals surface area (Å²) < 4.78 is 0. The van der Waals surface area contributed by atoms with Gasteiger partial charge in [-0.2, -0.15) is 11.3 Å². The summed E-state index contributed by atoms with van der Waals surface area (Å²) in [5.74, 6) is 9.10. The maximum absolute atomic E-state index is 12.4. The number of carbonyl (C=O) groups is 1. The van der Waals surface area contributed by atoms with Gasteiger partial charge < -0.3 is 0 Å². The molecule has 5 rings (SSSR count). The number of fused-ring (bicyclic) bond motifs is 5. The summed E-state index contributed by atoms with van der Waals surface area (Å²) in [7, 11) is 0. The standard InChI is InChI=1S/C24H24OS/c1-24-12-10-20-19-6-4-16(2-3-17-11-13-26-15-17)14-18(19)5-7-21(20)22(24)8-9-23(24)25/h4,6,11,13-15,20-22H,5,7-10,12H2,1H3/t20-,21-,22+,24+/m1/s1. The Labute approximate surface area is 159 Å². The topological polar surface area (TPSA) is 17.1 Å². The highest BCUT2D eigenvalue weighted by molar-refractivity contribution is 7.08. The number of hydrogen-bond acceptors (Lipinski definition) is 2. The Morgan fingerprint density at radius 3 is 2.81 bits per heavy atom. The quantitative estimate of drug-likeness (QED) is 0.561. The van der Waals surface area contributed by atoms with Crippen molar-refractivity contribution in [2.45, 2.75) is 51.4 Å². The zero-order valence-electron chi connectivity index (χ0n) is 15.3. The third-order valence-electron chi connectivity index (χ3n) is 7.31. The average molecular weight is 361 g/mol. The lowest BCUT2D eigenvalue weighted by Gasteiger charge is -2.48. The molecule has 1 heterocycles. The maximum Gasteiger partial charge on any atom is 0.139 e. The van der Waals surface area contributed by atoms with Crippen molar-refractivity contribution in [1.29, 1.82) is 0 Å². The molecule has 0 radical (unpaired) electrons. The SMILES string of the molecule is C[C@]12CC[C@@H]3c4ccc(C#Cc5ccsc5)cc4CC[C@H]3[C@@H]1CCC2=O. The van der Waals surface area contributed by atoms with Gasteiger partial charge >= 0.3 is 0 Å². The van der Waals surface area contributed by atoms with Crippen LogP contribution in [0.3, 0.4) is 0 Å². The highest BCUT2D eigenvalue weighted by Gasteiger charge is 2.54. The molecule has 0 N–H and O–H groups in total. The van der Waals surface area contributed by atoms with Gasteiger partial charge in [-0.3, -0.25) is 4.79 Å². The van der Waals surface area contributed by atoms with Crippen molar-refractivity contribution in [2.75, 3.05) is 0 Å². The van der Waals surface area contributed by atoms with Gasteiger partial charge in [0.2, 0.25) is 0 Å². The van der Waals surface area contributed by atoms with Crippen molar-refractivity contribution in [1.82, 2.24) is 0 Å². The maximum atomic E-state index is 12.4. The Kier molecular flexibility index (Phi) is 3.83. The van der Waals surface area contributed by atoms with E-state index in [0.717, 1.165) is 36.8 Å². The van der Waals surface area contributed by atoms with Crippen LogP contribution in [0.4, 0.5) is 0 Å². The lowest BCUT2D eigenvalue weighted by atomic mass is 9.55. The molecule has 2 saturated carbocycles. The average Bonchev–Trinajstić information content (AvgIpc) is 3.28. The Hall–Kier alpha value is -1.85. The number of rotatable bonds is 0. The Balaban J connectivity index is 1.44. The molecule has 4 atom stereocenters. The minimum absolute atomic E-state index is 0.0232. The van der Waals surface area contributed by atoms with E-state index < -0.39 is 0 Å². The Bertz CT molecular complexity index is 913. The Morgan fingerprint density at radius 2 is 1.96 bits per heavy atom. The van der Waals surface area contributed by atoms with E-state index in [2.05, 4.69) is 53.8 Å². The number of carbonyl (C=O) groups excluding carboxylic acids is 1. The van der Waals surface area contributed by atoms with E-state index in [0.29, 0.717) is 23.5 Å². The van der Waals surface area contributed by atoms with Crippen LogP contribution in [0, 0.1) is 29.1 Å². The van der Waals surface area contributed by atoms with Crippen molar-refractivity contribution < 1.29 is 4.79 Å². The molecule has 0 unspecified atom stereocenters. The molecule has 1 nitrogen and oxygen atoms in total. The van der Waals surface area contributed by atoms with Gasteiger partial charge in [0.15, 0.2) is 0 Å². The number of ketones is 1. The van der Waals surface area contributed by atoms with Gasteiger partial charge in [-0.25, -0.2) is 0 Å². The lowest BCUT2D eigenvalue weighted by molar-refractivity contribution is -0.129. The summed E-state index contributed by atoms with van der Waals surface area (Å²) in [5, 5.41) is 4.17. The zero-order chi connectivity index (χ0) is 17.7. The lowest BCUT2D eigenvalue weighted by Crippen LogP contribution is -2.42. The van der Waals surface area contributed by atoms with E-state index in [1.165, 1.54) is 18.4 Å². The van der Waals surface area contributed by atoms with Gasteiger partial charge in [0.25, 0.3) is 0 Å². The van der Waals surface area contributed by atoms with Crippen molar-refractivity contribution in [3.05, 3.63) is 57.3 Å². The molecule has 1 aromatic heterocycles. The third kappa shape index (κ3) is 2.48. The summed E-state index contributed by atoms with van der Waals surface area (Å²) in [6, 6.07) is 8.93. The summed E-state index contributed by atoms with van der Waals surface area (Å²) in [4.78, 5) is 12.4. The smallest absolute Gasteiger partial charge is 0.139 e. The van der Waals surface area contributed by atoms with Crippen LogP contribution < -0.4 is 0 Å². The normalized spacial score (nSPS) is 32.2. The van der Waals surface area contributed by atoms with Crippen molar-refractivity contribution >= 4 is 17.1 Å². The van der Waals surface area contributed by atoms with Crippen LogP contribution in [-0.4, -0.2) is 5.78 Å². The highest BCUT2D eigenvalue weighted by atomic mass is 32.1. The molecular formula is C24H24OS. The first kappa shape index (κ1) is 16.3. The fourth-order valence-corrected chi connectivity index (χ4v) is 6.50. The minimum atomic E-state index is -0.0232. The van der Waals surface area contributed by atoms with Crippen LogP contribution in [-0.2, 0) is 11.2 Å². The molecule has 1 aromatic carbocycles. The molecule has 132 valence electrons. The molecule has 0 aliphatic heterocycles. The van der Waals surface area contributed by atoms with Crippen LogP contribution in [0.25, 0.3) is 0 Å². The van der Waals surface area contributed by atoms with Crippen molar-refractivity contribution in [3.63, 3.8) is 0 Å². The number of Topliss-reactive ketones (excluding diaryl/α,β-unsaturated/α-hetero) is 1. The number of hydrogen-bond donors (Lipinski definition) is 0. The number of thiophene rings is 1. The van der Waals surface area contributed by atoms with Crippen LogP contribution in [0.15, 0.2) is 35.0 Å². The molecule has 2 heteroatoms. The van der Waals surface area contributed by atoms with Gasteiger partial charge in [-0.1, -0.05) is 24.8 Å². The highest BCUT2D eigenvalue weighted by Crippen LogP contribution is 2.59. The van der Waals surface area contributed by atoms with Crippen LogP contribution in [0.2, 0.25) is 0 Å². The van der Waals surface area contributed by atoms with E-state index >= 15 is 0 Å². The van der Waals surface area contributed by atoms with Gasteiger partial charge in [0, 0.05) is 28.3 Å². The van der Waals surface area contributed by atoms with Gasteiger partial charge in [0.1, 0.15) is 5.78 Å². The molecule has 2 aromatic rings. The van der Waals surface area contributed by atoms with E-state index in [-0.39, 0.29) is 5.41 Å². The second-order valence-corrected chi connectivity index (χ2v) is 9.29. The largest absolute Gasteiger partial charge is 0.299 e. The summed E-state index contributed by atoms with van der Waals surface area (Å²) in [5.41, 5.74) is 5.25. The second-order valence-electron chi connectivity index (χ2n) is 8.51. The fourth-order valence-electron chi connectivity index (χ4n) is 5.91. The fraction of sp³-hybridized carbons (Fsp3) is 0.458. The van der Waals surface area contributed by atoms with Crippen LogP contribution in [0.5, 0.6) is 0 Å². The van der Waals surface area contributed by atoms with E-state index in [9.17, 15) is 4.79 Å². The predicted molar refractivity (Wildman–Crippen MR) is 106 cm³/mol. The second kappa shape index (κ2) is 6.10. The van der Waals surface area contributed by atoms with E-state index in [4.69, 9.17) is 0 Å². The Morgan fingerprint density at radius 1 is 1.08 bits per heavy atom. The summed E-state index contributed by atoms with van der Waals surface area (Å²) in [6.45, 7) is 2.25. The summed E-state index contributed by atoms with van der Waals surface area (Å²) >= 11 is 1.69. The van der Waals surface area contributed by atoms with Gasteiger partial charge in [0.05, 0.1) is 0 Å². The first-order valence-corrected chi connectivity index (χ1v) is 10.8. The van der Waals surface area contributed by atoms with Crippen molar-refractivity contribution in [2.24, 2.45) is 17.3 Å². The third-order valence-corrected chi connectivity index (χ3v) is 7.99. The number of benzene rings is 1. The molecule has 3 aliphatic carbocycles. The summed E-state index contributed by atoms with van der Waals surface area (Å²) in [6.07, 6.45) is 6.58. The molecular weight excluding hydrogens is 336 g/mol. The van der Waals surface area contributed by atoms with Crippen LogP contribution >= 0.6 is 11.3 Å². The van der Waals surface area contributed by atoms with E-state index in [1.54, 1.807) is 16.9 Å². The molecule has 0 saturated heterocycles. The zero-order valence-corrected chi connectivity index (χ0v) is 16.1.